The molecule has 0 spiro atoms. The Morgan fingerprint density at radius 2 is 1.69 bits per heavy atom. The molecule has 1 amide bonds. The summed E-state index contributed by atoms with van der Waals surface area (Å²) in [5.74, 6) is 2.35. The molecule has 13 heteroatoms. The number of methoxy groups -OCH3 is 2. The van der Waals surface area contributed by atoms with Gasteiger partial charge in [0.1, 0.15) is 35.6 Å². The van der Waals surface area contributed by atoms with Gasteiger partial charge in [0.25, 0.3) is 5.56 Å². The number of amides is 1. The molecule has 1 fully saturated rings. The number of carbonyl (C=O) groups is 1. The van der Waals surface area contributed by atoms with Crippen molar-refractivity contribution in [1.29, 1.82) is 0 Å². The molecule has 0 atom stereocenters. The van der Waals surface area contributed by atoms with Gasteiger partial charge in [-0.25, -0.2) is 9.78 Å². The van der Waals surface area contributed by atoms with Crippen molar-refractivity contribution in [3.63, 3.8) is 0 Å². The highest BCUT2D eigenvalue weighted by Gasteiger charge is 2.32. The molecule has 6 aromatic rings. The Bertz CT molecular complexity index is 2400. The molecule has 0 radical (unpaired) electrons. The molecule has 2 aromatic heterocycles. The van der Waals surface area contributed by atoms with Crippen LogP contribution in [0.1, 0.15) is 16.7 Å². The second kappa shape index (κ2) is 15.4. The quantitative estimate of drug-likeness (QED) is 0.151. The van der Waals surface area contributed by atoms with E-state index >= 15 is 0 Å². The van der Waals surface area contributed by atoms with Gasteiger partial charge in [-0.3, -0.25) is 14.3 Å². The Morgan fingerprint density at radius 1 is 0.891 bits per heavy atom. The molecule has 0 bridgehead atoms. The summed E-state index contributed by atoms with van der Waals surface area (Å²) in [7, 11) is 3.21. The number of rotatable bonds is 11. The van der Waals surface area contributed by atoms with E-state index in [4.69, 9.17) is 28.7 Å². The number of hydrogen-bond donors (Lipinski definition) is 1. The Labute approximate surface area is 317 Å². The number of para-hydroxylation sites is 1. The van der Waals surface area contributed by atoms with Crippen LogP contribution in [0.15, 0.2) is 108 Å². The minimum atomic E-state index is -0.452. The van der Waals surface area contributed by atoms with Crippen molar-refractivity contribution in [3.05, 3.63) is 130 Å². The van der Waals surface area contributed by atoms with Gasteiger partial charge >= 0.3 is 6.09 Å². The highest BCUT2D eigenvalue weighted by Crippen LogP contribution is 2.40. The molecule has 0 unspecified atom stereocenters. The van der Waals surface area contributed by atoms with Gasteiger partial charge in [-0.2, -0.15) is 4.98 Å². The van der Waals surface area contributed by atoms with E-state index in [0.717, 1.165) is 16.7 Å². The minimum Gasteiger partial charge on any atom is -0.497 e. The highest BCUT2D eigenvalue weighted by molar-refractivity contribution is 5.97. The standard InChI is InChI=1S/C42H40N6O7/c1-27-8-7-11-35-38(27)47(42(50)54-24-28-9-5-4-6-10-28)19-18-46(35)36-20-30-23-44-41(43-22-29-12-15-33(51-2)21-37(29)52-3)45-39(30)48(40(36)49)31-13-16-32(17-14-31)55-34-25-53-26-34/h4-17,20-21,23,34H,18-19,22,24-26H2,1-3H3,(H,43,44,45). The molecule has 13 nitrogen and oxygen atoms in total. The first-order valence-electron chi connectivity index (χ1n) is 18.0. The first kappa shape index (κ1) is 35.4. The van der Waals surface area contributed by atoms with Gasteiger partial charge < -0.3 is 33.9 Å². The molecular weight excluding hydrogens is 700 g/mol. The van der Waals surface area contributed by atoms with E-state index in [1.807, 2.05) is 109 Å². The number of carbonyl (C=O) groups excluding carboxylic acids is 1. The number of anilines is 4. The molecule has 4 aromatic carbocycles. The third-order valence-electron chi connectivity index (χ3n) is 9.70. The fourth-order valence-corrected chi connectivity index (χ4v) is 6.80. The van der Waals surface area contributed by atoms with Crippen molar-refractivity contribution in [1.82, 2.24) is 14.5 Å². The van der Waals surface area contributed by atoms with E-state index < -0.39 is 6.09 Å². The van der Waals surface area contributed by atoms with Crippen LogP contribution < -0.4 is 34.9 Å². The number of fused-ring (bicyclic) bond motifs is 2. The summed E-state index contributed by atoms with van der Waals surface area (Å²) in [6.07, 6.45) is 1.25. The Hall–Kier alpha value is -6.60. The average molecular weight is 741 g/mol. The number of aryl methyl sites for hydroxylation is 1. The zero-order valence-corrected chi connectivity index (χ0v) is 30.7. The summed E-state index contributed by atoms with van der Waals surface area (Å²) in [4.78, 5) is 41.5. The lowest BCUT2D eigenvalue weighted by molar-refractivity contribution is -0.0796. The van der Waals surface area contributed by atoms with E-state index in [-0.39, 0.29) is 18.3 Å². The number of nitrogens with one attached hydrogen (secondary N) is 1. The molecule has 8 rings (SSSR count). The van der Waals surface area contributed by atoms with E-state index in [2.05, 4.69) is 10.3 Å². The van der Waals surface area contributed by atoms with Crippen LogP contribution in [0.5, 0.6) is 17.2 Å². The molecule has 0 aliphatic carbocycles. The number of aromatic nitrogens is 3. The maximum absolute atomic E-state index is 14.9. The van der Waals surface area contributed by atoms with Gasteiger partial charge in [0.15, 0.2) is 5.65 Å². The maximum atomic E-state index is 14.9. The summed E-state index contributed by atoms with van der Waals surface area (Å²) < 4.78 is 29.6. The van der Waals surface area contributed by atoms with Gasteiger partial charge in [0.05, 0.1) is 44.5 Å². The molecule has 2 aliphatic rings. The maximum Gasteiger partial charge on any atom is 0.414 e. The van der Waals surface area contributed by atoms with Gasteiger partial charge in [0.2, 0.25) is 5.95 Å². The highest BCUT2D eigenvalue weighted by atomic mass is 16.6. The second-order valence-corrected chi connectivity index (χ2v) is 13.2. The number of ether oxygens (including phenoxy) is 5. The number of pyridine rings is 1. The van der Waals surface area contributed by atoms with Crippen LogP contribution in [0.25, 0.3) is 16.7 Å². The average Bonchev–Trinajstić information content (AvgIpc) is 3.20. The lowest BCUT2D eigenvalue weighted by atomic mass is 10.1. The third-order valence-corrected chi connectivity index (χ3v) is 9.70. The van der Waals surface area contributed by atoms with Crippen LogP contribution >= 0.6 is 0 Å². The van der Waals surface area contributed by atoms with E-state index in [0.29, 0.717) is 89.8 Å². The first-order valence-corrected chi connectivity index (χ1v) is 18.0. The van der Waals surface area contributed by atoms with Crippen LogP contribution in [0.4, 0.5) is 27.8 Å². The number of benzene rings is 4. The van der Waals surface area contributed by atoms with Crippen LogP contribution in [0, 0.1) is 6.92 Å². The fraction of sp³-hybridized carbons (Fsp3) is 0.238. The molecule has 1 N–H and O–H groups in total. The van der Waals surface area contributed by atoms with Crippen LogP contribution in [-0.4, -0.2) is 67.3 Å². The van der Waals surface area contributed by atoms with E-state index in [1.54, 1.807) is 29.9 Å². The van der Waals surface area contributed by atoms with Crippen LogP contribution in [0.3, 0.4) is 0 Å². The first-order chi connectivity index (χ1) is 26.9. The Morgan fingerprint density at radius 3 is 2.44 bits per heavy atom. The lowest BCUT2D eigenvalue weighted by Crippen LogP contribution is -2.44. The summed E-state index contributed by atoms with van der Waals surface area (Å²) in [5, 5.41) is 3.94. The number of nitrogens with zero attached hydrogens (tertiary/aromatic N) is 5. The zero-order valence-electron chi connectivity index (χ0n) is 30.7. The topological polar surface area (TPSA) is 130 Å². The van der Waals surface area contributed by atoms with Crippen molar-refractivity contribution in [2.45, 2.75) is 26.2 Å². The van der Waals surface area contributed by atoms with Gasteiger partial charge in [-0.05, 0) is 66.6 Å². The lowest BCUT2D eigenvalue weighted by Gasteiger charge is -2.38. The minimum absolute atomic E-state index is 0.00115. The second-order valence-electron chi connectivity index (χ2n) is 13.2. The SMILES string of the molecule is COc1ccc(CNc2ncc3cc(N4CCN(C(=O)OCc5ccccc5)c5c(C)cccc54)c(=O)n(-c4ccc(OC5COC5)cc4)c3n2)c(OC)c1. The van der Waals surface area contributed by atoms with Crippen molar-refractivity contribution >= 4 is 40.1 Å². The summed E-state index contributed by atoms with van der Waals surface area (Å²) in [5.41, 5.74) is 5.19. The predicted molar refractivity (Wildman–Crippen MR) is 209 cm³/mol. The Balaban J connectivity index is 1.17. The van der Waals surface area contributed by atoms with Crippen molar-refractivity contribution < 1.29 is 28.5 Å². The van der Waals surface area contributed by atoms with Gasteiger partial charge in [-0.15, -0.1) is 0 Å². The van der Waals surface area contributed by atoms with Gasteiger partial charge in [-0.1, -0.05) is 42.5 Å². The Kier molecular flexibility index (Phi) is 9.92. The monoisotopic (exact) mass is 740 g/mol. The zero-order chi connectivity index (χ0) is 37.9. The van der Waals surface area contributed by atoms with Crippen molar-refractivity contribution in [3.8, 4) is 22.9 Å². The molecule has 55 heavy (non-hydrogen) atoms. The smallest absolute Gasteiger partial charge is 0.414 e. The molecule has 1 saturated heterocycles. The predicted octanol–water partition coefficient (Wildman–Crippen LogP) is 6.79. The molecule has 280 valence electrons. The van der Waals surface area contributed by atoms with E-state index in [9.17, 15) is 9.59 Å². The molecule has 4 heterocycles. The van der Waals surface area contributed by atoms with Crippen LogP contribution in [0.2, 0.25) is 0 Å². The molecule has 2 aliphatic heterocycles. The fourth-order valence-electron chi connectivity index (χ4n) is 6.80. The third kappa shape index (κ3) is 7.21. The van der Waals surface area contributed by atoms with Gasteiger partial charge in [0, 0.05) is 42.8 Å². The number of hydrogen-bond acceptors (Lipinski definition) is 11. The molecule has 0 saturated carbocycles. The molecular formula is C42H40N6O7. The van der Waals surface area contributed by atoms with Crippen LogP contribution in [-0.2, 0) is 22.6 Å². The van der Waals surface area contributed by atoms with Crippen molar-refractivity contribution in [2.75, 3.05) is 55.6 Å². The summed E-state index contributed by atoms with van der Waals surface area (Å²) >= 11 is 0. The summed E-state index contributed by atoms with van der Waals surface area (Å²) in [6, 6.07) is 30.1. The van der Waals surface area contributed by atoms with Crippen molar-refractivity contribution in [2.24, 2.45) is 0 Å². The van der Waals surface area contributed by atoms with E-state index in [1.165, 1.54) is 0 Å². The normalized spacial score (nSPS) is 13.9. The largest absolute Gasteiger partial charge is 0.497 e. The summed E-state index contributed by atoms with van der Waals surface area (Å²) in [6.45, 7) is 4.20.